The fourth-order valence-corrected chi connectivity index (χ4v) is 9.06. The zero-order valence-corrected chi connectivity index (χ0v) is 27.7. The molecular weight excluding hydrogens is 627 g/mol. The van der Waals surface area contributed by atoms with Crippen molar-refractivity contribution in [3.8, 4) is 28.3 Å². The van der Waals surface area contributed by atoms with Crippen LogP contribution in [0.5, 0.6) is 0 Å². The number of aromatic nitrogens is 3. The van der Waals surface area contributed by atoms with Crippen molar-refractivity contribution in [2.75, 3.05) is 0 Å². The summed E-state index contributed by atoms with van der Waals surface area (Å²) in [7, 11) is 0. The van der Waals surface area contributed by atoms with Crippen LogP contribution >= 0.6 is 11.3 Å². The third-order valence-corrected chi connectivity index (χ3v) is 11.3. The zero-order chi connectivity index (χ0) is 32.8. The Labute approximate surface area is 291 Å². The molecule has 0 radical (unpaired) electrons. The maximum atomic E-state index is 5.43. The summed E-state index contributed by atoms with van der Waals surface area (Å²) >= 11 is 1.86. The SMILES string of the molecule is c1ccc(-c2nc(-n3c4c(-c5ccc6sc7ccc8ccccc8c7c6c5)cccc4c4ccc5ccccc5c43)nc3ccccc23)cc1. The molecule has 11 aromatic rings. The minimum Gasteiger partial charge on any atom is -0.277 e. The van der Waals surface area contributed by atoms with E-state index >= 15 is 0 Å². The number of hydrogen-bond acceptors (Lipinski definition) is 3. The second-order valence-corrected chi connectivity index (χ2v) is 14.0. The number of thiophene rings is 1. The van der Waals surface area contributed by atoms with E-state index in [4.69, 9.17) is 9.97 Å². The van der Waals surface area contributed by atoms with Crippen LogP contribution in [-0.2, 0) is 0 Å². The van der Waals surface area contributed by atoms with E-state index in [-0.39, 0.29) is 0 Å². The lowest BCUT2D eigenvalue weighted by molar-refractivity contribution is 1.02. The molecule has 0 spiro atoms. The Morgan fingerprint density at radius 2 is 1.10 bits per heavy atom. The number of hydrogen-bond donors (Lipinski definition) is 0. The van der Waals surface area contributed by atoms with Gasteiger partial charge in [-0.15, -0.1) is 11.3 Å². The first-order chi connectivity index (χ1) is 24.8. The second-order valence-electron chi connectivity index (χ2n) is 12.9. The Morgan fingerprint density at radius 3 is 1.98 bits per heavy atom. The Hall–Kier alpha value is -6.36. The Balaban J connectivity index is 1.28. The molecule has 0 aliphatic carbocycles. The normalized spacial score (nSPS) is 12.0. The van der Waals surface area contributed by atoms with Gasteiger partial charge in [-0.1, -0.05) is 140 Å². The third-order valence-electron chi connectivity index (χ3n) is 10.2. The first-order valence-electron chi connectivity index (χ1n) is 16.9. The van der Waals surface area contributed by atoms with Crippen LogP contribution in [0.15, 0.2) is 164 Å². The van der Waals surface area contributed by atoms with E-state index in [9.17, 15) is 0 Å². The van der Waals surface area contributed by atoms with Crippen LogP contribution in [0, 0.1) is 0 Å². The van der Waals surface area contributed by atoms with Crippen molar-refractivity contribution in [3.63, 3.8) is 0 Å². The molecule has 11 rings (SSSR count). The average molecular weight is 654 g/mol. The maximum Gasteiger partial charge on any atom is 0.235 e. The number of rotatable bonds is 3. The van der Waals surface area contributed by atoms with Crippen LogP contribution in [0.2, 0.25) is 0 Å². The molecule has 0 unspecified atom stereocenters. The van der Waals surface area contributed by atoms with Gasteiger partial charge in [0, 0.05) is 52.8 Å². The quantitative estimate of drug-likeness (QED) is 0.190. The molecule has 0 bridgehead atoms. The predicted molar refractivity (Wildman–Crippen MR) is 213 cm³/mol. The van der Waals surface area contributed by atoms with Crippen molar-refractivity contribution in [1.29, 1.82) is 0 Å². The molecule has 232 valence electrons. The summed E-state index contributed by atoms with van der Waals surface area (Å²) in [4.78, 5) is 10.7. The van der Waals surface area contributed by atoms with E-state index in [2.05, 4.69) is 168 Å². The van der Waals surface area contributed by atoms with Crippen molar-refractivity contribution in [2.45, 2.75) is 0 Å². The summed E-state index contributed by atoms with van der Waals surface area (Å²) < 4.78 is 4.93. The van der Waals surface area contributed by atoms with Crippen LogP contribution in [-0.4, -0.2) is 14.5 Å². The first-order valence-corrected chi connectivity index (χ1v) is 17.7. The van der Waals surface area contributed by atoms with E-state index in [1.54, 1.807) is 0 Å². The molecule has 8 aromatic carbocycles. The maximum absolute atomic E-state index is 5.43. The van der Waals surface area contributed by atoms with Gasteiger partial charge in [0.15, 0.2) is 0 Å². The Morgan fingerprint density at radius 1 is 0.420 bits per heavy atom. The van der Waals surface area contributed by atoms with Gasteiger partial charge in [-0.05, 0) is 46.0 Å². The van der Waals surface area contributed by atoms with Gasteiger partial charge in [-0.25, -0.2) is 9.97 Å². The summed E-state index contributed by atoms with van der Waals surface area (Å²) in [6.45, 7) is 0. The summed E-state index contributed by atoms with van der Waals surface area (Å²) in [6, 6.07) is 58.9. The van der Waals surface area contributed by atoms with Gasteiger partial charge >= 0.3 is 0 Å². The van der Waals surface area contributed by atoms with Crippen molar-refractivity contribution in [1.82, 2.24) is 14.5 Å². The highest BCUT2D eigenvalue weighted by Gasteiger charge is 2.22. The fraction of sp³-hybridized carbons (Fsp3) is 0. The number of fused-ring (bicyclic) bond motifs is 11. The van der Waals surface area contributed by atoms with Crippen LogP contribution < -0.4 is 0 Å². The number of benzene rings is 8. The Bertz CT molecular complexity index is 3150. The Kier molecular flexibility index (Phi) is 5.83. The third kappa shape index (κ3) is 3.97. The molecule has 3 nitrogen and oxygen atoms in total. The van der Waals surface area contributed by atoms with E-state index < -0.39 is 0 Å². The highest BCUT2D eigenvalue weighted by atomic mass is 32.1. The molecule has 4 heteroatoms. The summed E-state index contributed by atoms with van der Waals surface area (Å²) in [5.41, 5.74) is 7.47. The average Bonchev–Trinajstić information content (AvgIpc) is 3.74. The highest BCUT2D eigenvalue weighted by Crippen LogP contribution is 2.44. The molecule has 3 aromatic heterocycles. The lowest BCUT2D eigenvalue weighted by Crippen LogP contribution is -2.04. The van der Waals surface area contributed by atoms with Gasteiger partial charge in [0.2, 0.25) is 5.95 Å². The molecule has 0 amide bonds. The first kappa shape index (κ1) is 27.6. The number of nitrogens with zero attached hydrogens (tertiary/aromatic N) is 3. The zero-order valence-electron chi connectivity index (χ0n) is 26.8. The lowest BCUT2D eigenvalue weighted by atomic mass is 9.98. The van der Waals surface area contributed by atoms with E-state index in [1.165, 1.54) is 58.1 Å². The molecule has 3 heterocycles. The molecule has 0 N–H and O–H groups in total. The largest absolute Gasteiger partial charge is 0.277 e. The monoisotopic (exact) mass is 653 g/mol. The summed E-state index contributed by atoms with van der Waals surface area (Å²) in [5.74, 6) is 0.666. The van der Waals surface area contributed by atoms with Crippen molar-refractivity contribution >= 4 is 85.8 Å². The van der Waals surface area contributed by atoms with Crippen molar-refractivity contribution < 1.29 is 0 Å². The molecule has 0 atom stereocenters. The topological polar surface area (TPSA) is 30.7 Å². The van der Waals surface area contributed by atoms with Gasteiger partial charge in [0.25, 0.3) is 0 Å². The molecule has 0 saturated heterocycles. The highest BCUT2D eigenvalue weighted by molar-refractivity contribution is 7.26. The van der Waals surface area contributed by atoms with E-state index in [0.29, 0.717) is 5.95 Å². The number of para-hydroxylation sites is 2. The fourth-order valence-electron chi connectivity index (χ4n) is 7.96. The summed E-state index contributed by atoms with van der Waals surface area (Å²) in [6.07, 6.45) is 0. The van der Waals surface area contributed by atoms with Gasteiger partial charge in [0.1, 0.15) is 0 Å². The molecular formula is C46H27N3S. The minimum absolute atomic E-state index is 0.666. The molecule has 0 fully saturated rings. The van der Waals surface area contributed by atoms with Gasteiger partial charge in [-0.2, -0.15) is 0 Å². The molecule has 0 saturated carbocycles. The van der Waals surface area contributed by atoms with Crippen LogP contribution in [0.1, 0.15) is 0 Å². The van der Waals surface area contributed by atoms with Crippen molar-refractivity contribution in [3.05, 3.63) is 164 Å². The predicted octanol–water partition coefficient (Wildman–Crippen LogP) is 12.7. The van der Waals surface area contributed by atoms with Crippen LogP contribution in [0.25, 0.3) is 103 Å². The lowest BCUT2D eigenvalue weighted by Gasteiger charge is -2.14. The van der Waals surface area contributed by atoms with Gasteiger partial charge in [0.05, 0.1) is 22.2 Å². The smallest absolute Gasteiger partial charge is 0.235 e. The minimum atomic E-state index is 0.666. The van der Waals surface area contributed by atoms with Crippen LogP contribution in [0.4, 0.5) is 0 Å². The van der Waals surface area contributed by atoms with E-state index in [0.717, 1.165) is 38.8 Å². The molecule has 50 heavy (non-hydrogen) atoms. The molecule has 0 aliphatic heterocycles. The van der Waals surface area contributed by atoms with Gasteiger partial charge < -0.3 is 0 Å². The van der Waals surface area contributed by atoms with Gasteiger partial charge in [-0.3, -0.25) is 4.57 Å². The molecule has 0 aliphatic rings. The second kappa shape index (κ2) is 10.6. The summed E-state index contributed by atoms with van der Waals surface area (Å²) in [5, 5.41) is 11.0. The standard InChI is InChI=1S/C46H27N3S/c1-2-13-30(14-3-1)43-37-17-8-9-20-39(37)47-46(48-43)49-44-33-16-7-5-12-29(33)21-24-36(44)35-19-10-18-34(45(35)49)31-23-25-40-38(27-31)42-32-15-6-4-11-28(32)22-26-41(42)50-40/h1-27H. The van der Waals surface area contributed by atoms with E-state index in [1.807, 2.05) is 11.3 Å². The van der Waals surface area contributed by atoms with Crippen LogP contribution in [0.3, 0.4) is 0 Å². The van der Waals surface area contributed by atoms with Crippen molar-refractivity contribution in [2.24, 2.45) is 0 Å².